The zero-order chi connectivity index (χ0) is 14.5. The van der Waals surface area contributed by atoms with Gasteiger partial charge in [0.25, 0.3) is 5.91 Å². The molecule has 0 bridgehead atoms. The fourth-order valence-electron chi connectivity index (χ4n) is 1.90. The lowest BCUT2D eigenvalue weighted by atomic mass is 10.1. The van der Waals surface area contributed by atoms with Crippen LogP contribution in [0.15, 0.2) is 53.0 Å². The standard InChI is InChI=1S/C16H16BrNO2/c1-11(12-7-9-13(20-2)10-8-12)18-16(19)14-5-3-4-6-15(14)17/h3-11H,1-2H3,(H,18,19)/t11-/m0/s1. The Kier molecular flexibility index (Phi) is 4.79. The first-order chi connectivity index (χ1) is 9.61. The van der Waals surface area contributed by atoms with E-state index >= 15 is 0 Å². The van der Waals surface area contributed by atoms with Gasteiger partial charge >= 0.3 is 0 Å². The molecule has 0 saturated carbocycles. The van der Waals surface area contributed by atoms with Crippen molar-refractivity contribution in [1.82, 2.24) is 5.32 Å². The average molecular weight is 334 g/mol. The first-order valence-corrected chi connectivity index (χ1v) is 7.10. The molecule has 0 saturated heterocycles. The van der Waals surface area contributed by atoms with Crippen LogP contribution in [0.5, 0.6) is 5.75 Å². The highest BCUT2D eigenvalue weighted by Crippen LogP contribution is 2.20. The quantitative estimate of drug-likeness (QED) is 0.919. The summed E-state index contributed by atoms with van der Waals surface area (Å²) in [7, 11) is 1.63. The maximum Gasteiger partial charge on any atom is 0.252 e. The van der Waals surface area contributed by atoms with Crippen LogP contribution in [0.3, 0.4) is 0 Å². The van der Waals surface area contributed by atoms with E-state index in [9.17, 15) is 4.79 Å². The minimum absolute atomic E-state index is 0.0690. The fraction of sp³-hybridized carbons (Fsp3) is 0.188. The molecule has 1 amide bonds. The van der Waals surface area contributed by atoms with Crippen LogP contribution in [0.2, 0.25) is 0 Å². The molecule has 0 spiro atoms. The van der Waals surface area contributed by atoms with Crippen molar-refractivity contribution in [3.05, 3.63) is 64.1 Å². The van der Waals surface area contributed by atoms with Gasteiger partial charge in [0.15, 0.2) is 0 Å². The van der Waals surface area contributed by atoms with Crippen LogP contribution in [0.25, 0.3) is 0 Å². The second kappa shape index (κ2) is 6.57. The van der Waals surface area contributed by atoms with Gasteiger partial charge in [-0.1, -0.05) is 24.3 Å². The van der Waals surface area contributed by atoms with Crippen molar-refractivity contribution in [3.8, 4) is 5.75 Å². The molecule has 2 aromatic carbocycles. The molecular weight excluding hydrogens is 318 g/mol. The second-order valence-corrected chi connectivity index (χ2v) is 5.30. The summed E-state index contributed by atoms with van der Waals surface area (Å²) < 4.78 is 5.91. The molecule has 2 rings (SSSR count). The van der Waals surface area contributed by atoms with E-state index < -0.39 is 0 Å². The molecule has 0 aliphatic rings. The molecule has 0 radical (unpaired) electrons. The van der Waals surface area contributed by atoms with Gasteiger partial charge in [0, 0.05) is 4.47 Å². The van der Waals surface area contributed by atoms with E-state index in [-0.39, 0.29) is 11.9 Å². The summed E-state index contributed by atoms with van der Waals surface area (Å²) in [6, 6.07) is 15.0. The van der Waals surface area contributed by atoms with Gasteiger partial charge in [-0.25, -0.2) is 0 Å². The molecule has 3 nitrogen and oxygen atoms in total. The van der Waals surface area contributed by atoms with E-state index in [0.29, 0.717) is 5.56 Å². The van der Waals surface area contributed by atoms with Crippen LogP contribution in [0.4, 0.5) is 0 Å². The van der Waals surface area contributed by atoms with Crippen molar-refractivity contribution in [2.75, 3.05) is 7.11 Å². The Morgan fingerprint density at radius 3 is 2.40 bits per heavy atom. The van der Waals surface area contributed by atoms with Gasteiger partial charge in [-0.3, -0.25) is 4.79 Å². The summed E-state index contributed by atoms with van der Waals surface area (Å²) in [6.45, 7) is 1.95. The van der Waals surface area contributed by atoms with E-state index in [1.165, 1.54) is 0 Å². The molecule has 1 N–H and O–H groups in total. The van der Waals surface area contributed by atoms with Gasteiger partial charge in [-0.2, -0.15) is 0 Å². The highest BCUT2D eigenvalue weighted by molar-refractivity contribution is 9.10. The van der Waals surface area contributed by atoms with E-state index in [0.717, 1.165) is 15.8 Å². The highest BCUT2D eigenvalue weighted by atomic mass is 79.9. The van der Waals surface area contributed by atoms with E-state index in [2.05, 4.69) is 21.2 Å². The summed E-state index contributed by atoms with van der Waals surface area (Å²) in [5, 5.41) is 2.98. The number of hydrogen-bond acceptors (Lipinski definition) is 2. The Labute approximate surface area is 127 Å². The van der Waals surface area contributed by atoms with Crippen LogP contribution in [-0.4, -0.2) is 13.0 Å². The van der Waals surface area contributed by atoms with Crippen LogP contribution < -0.4 is 10.1 Å². The maximum atomic E-state index is 12.2. The molecule has 0 aliphatic heterocycles. The molecule has 0 aromatic heterocycles. The third kappa shape index (κ3) is 3.39. The summed E-state index contributed by atoms with van der Waals surface area (Å²) in [5.41, 5.74) is 1.67. The topological polar surface area (TPSA) is 38.3 Å². The normalized spacial score (nSPS) is 11.8. The molecule has 1 atom stereocenters. The van der Waals surface area contributed by atoms with Gasteiger partial charge in [0.05, 0.1) is 18.7 Å². The lowest BCUT2D eigenvalue weighted by molar-refractivity contribution is 0.0939. The fourth-order valence-corrected chi connectivity index (χ4v) is 2.36. The lowest BCUT2D eigenvalue weighted by Crippen LogP contribution is -2.26. The van der Waals surface area contributed by atoms with Crippen molar-refractivity contribution in [1.29, 1.82) is 0 Å². The van der Waals surface area contributed by atoms with Gasteiger partial charge in [0.2, 0.25) is 0 Å². The van der Waals surface area contributed by atoms with Crippen LogP contribution in [0, 0.1) is 0 Å². The van der Waals surface area contributed by atoms with Gasteiger partial charge in [-0.05, 0) is 52.7 Å². The first-order valence-electron chi connectivity index (χ1n) is 6.31. The Balaban J connectivity index is 2.09. The number of benzene rings is 2. The number of nitrogens with one attached hydrogen (secondary N) is 1. The number of hydrogen-bond donors (Lipinski definition) is 1. The van der Waals surface area contributed by atoms with Gasteiger partial charge < -0.3 is 10.1 Å². The molecule has 20 heavy (non-hydrogen) atoms. The molecular formula is C16H16BrNO2. The van der Waals surface area contributed by atoms with Crippen molar-refractivity contribution < 1.29 is 9.53 Å². The number of halogens is 1. The van der Waals surface area contributed by atoms with Crippen LogP contribution in [-0.2, 0) is 0 Å². The third-order valence-corrected chi connectivity index (χ3v) is 3.77. The molecule has 104 valence electrons. The molecule has 4 heteroatoms. The number of methoxy groups -OCH3 is 1. The number of carbonyl (C=O) groups is 1. The summed E-state index contributed by atoms with van der Waals surface area (Å²) in [6.07, 6.45) is 0. The van der Waals surface area contributed by atoms with Crippen LogP contribution >= 0.6 is 15.9 Å². The number of carbonyl (C=O) groups excluding carboxylic acids is 1. The van der Waals surface area contributed by atoms with Crippen molar-refractivity contribution in [3.63, 3.8) is 0 Å². The van der Waals surface area contributed by atoms with Gasteiger partial charge in [0.1, 0.15) is 5.75 Å². The summed E-state index contributed by atoms with van der Waals surface area (Å²) in [4.78, 5) is 12.2. The minimum Gasteiger partial charge on any atom is -0.497 e. The second-order valence-electron chi connectivity index (χ2n) is 4.45. The Morgan fingerprint density at radius 2 is 1.80 bits per heavy atom. The lowest BCUT2D eigenvalue weighted by Gasteiger charge is -2.15. The van der Waals surface area contributed by atoms with Gasteiger partial charge in [-0.15, -0.1) is 0 Å². The van der Waals surface area contributed by atoms with E-state index in [1.807, 2.05) is 49.4 Å². The predicted molar refractivity (Wildman–Crippen MR) is 83.0 cm³/mol. The van der Waals surface area contributed by atoms with Crippen molar-refractivity contribution in [2.24, 2.45) is 0 Å². The van der Waals surface area contributed by atoms with Crippen molar-refractivity contribution in [2.45, 2.75) is 13.0 Å². The van der Waals surface area contributed by atoms with Crippen molar-refractivity contribution >= 4 is 21.8 Å². The van der Waals surface area contributed by atoms with E-state index in [1.54, 1.807) is 13.2 Å². The highest BCUT2D eigenvalue weighted by Gasteiger charge is 2.13. The zero-order valence-corrected chi connectivity index (χ0v) is 13.0. The average Bonchev–Trinajstić information content (AvgIpc) is 2.47. The third-order valence-electron chi connectivity index (χ3n) is 3.08. The molecule has 0 aliphatic carbocycles. The minimum atomic E-state index is -0.0965. The monoisotopic (exact) mass is 333 g/mol. The molecule has 0 unspecified atom stereocenters. The maximum absolute atomic E-state index is 12.2. The zero-order valence-electron chi connectivity index (χ0n) is 11.4. The smallest absolute Gasteiger partial charge is 0.252 e. The SMILES string of the molecule is COc1ccc([C@H](C)NC(=O)c2ccccc2Br)cc1. The first kappa shape index (κ1) is 14.6. The summed E-state index contributed by atoms with van der Waals surface area (Å²) >= 11 is 3.38. The largest absolute Gasteiger partial charge is 0.497 e. The number of amides is 1. The predicted octanol–water partition coefficient (Wildman–Crippen LogP) is 3.95. The van der Waals surface area contributed by atoms with E-state index in [4.69, 9.17) is 4.74 Å². The number of rotatable bonds is 4. The van der Waals surface area contributed by atoms with Crippen LogP contribution in [0.1, 0.15) is 28.9 Å². The Hall–Kier alpha value is -1.81. The molecule has 0 heterocycles. The number of ether oxygens (including phenoxy) is 1. The molecule has 2 aromatic rings. The Bertz CT molecular complexity index is 596. The molecule has 0 fully saturated rings. The summed E-state index contributed by atoms with van der Waals surface area (Å²) in [5.74, 6) is 0.707. The Morgan fingerprint density at radius 1 is 1.15 bits per heavy atom.